The quantitative estimate of drug-likeness (QED) is 0.824. The van der Waals surface area contributed by atoms with Crippen LogP contribution in [0.25, 0.3) is 0 Å². The fraction of sp³-hybridized carbons (Fsp3) is 0.600. The van der Waals surface area contributed by atoms with E-state index in [2.05, 4.69) is 4.98 Å². The zero-order valence-electron chi connectivity index (χ0n) is 12.5. The second-order valence-electron chi connectivity index (χ2n) is 5.32. The molecule has 0 aliphatic carbocycles. The molecule has 0 atom stereocenters. The van der Waals surface area contributed by atoms with E-state index in [1.807, 2.05) is 11.9 Å². The van der Waals surface area contributed by atoms with E-state index in [1.54, 1.807) is 19.1 Å². The van der Waals surface area contributed by atoms with Crippen molar-refractivity contribution in [3.8, 4) is 0 Å². The maximum Gasteiger partial charge on any atom is 0.339 e. The zero-order chi connectivity index (χ0) is 15.3. The van der Waals surface area contributed by atoms with Crippen molar-refractivity contribution >= 4 is 11.8 Å². The zero-order valence-corrected chi connectivity index (χ0v) is 12.5. The molecule has 0 spiro atoms. The minimum absolute atomic E-state index is 0.343. The lowest BCUT2D eigenvalue weighted by Crippen LogP contribution is -2.46. The van der Waals surface area contributed by atoms with Gasteiger partial charge in [-0.3, -0.25) is 0 Å². The van der Waals surface area contributed by atoms with Crippen LogP contribution in [0.5, 0.6) is 0 Å². The SMILES string of the molecule is CCOC(=O)c1ccc(N(C)CC2(O)CCOCC2)nc1. The number of rotatable bonds is 5. The molecule has 21 heavy (non-hydrogen) atoms. The first-order valence-electron chi connectivity index (χ1n) is 7.18. The third kappa shape index (κ3) is 4.15. The van der Waals surface area contributed by atoms with Crippen LogP contribution in [0, 0.1) is 0 Å². The van der Waals surface area contributed by atoms with Crippen molar-refractivity contribution < 1.29 is 19.4 Å². The lowest BCUT2D eigenvalue weighted by atomic mass is 9.94. The van der Waals surface area contributed by atoms with Crippen LogP contribution >= 0.6 is 0 Å². The lowest BCUT2D eigenvalue weighted by Gasteiger charge is -2.35. The molecule has 1 aromatic heterocycles. The predicted octanol–water partition coefficient (Wildman–Crippen LogP) is 1.24. The molecule has 1 aromatic rings. The minimum Gasteiger partial charge on any atom is -0.462 e. The Kier molecular flexibility index (Phi) is 5.14. The van der Waals surface area contributed by atoms with Crippen LogP contribution in [0.4, 0.5) is 5.82 Å². The standard InChI is InChI=1S/C15H22N2O4/c1-3-21-14(18)12-4-5-13(16-10-12)17(2)11-15(19)6-8-20-9-7-15/h4-5,10,19H,3,6-9,11H2,1-2H3. The molecule has 1 aliphatic heterocycles. The summed E-state index contributed by atoms with van der Waals surface area (Å²) in [6, 6.07) is 3.44. The molecule has 116 valence electrons. The second kappa shape index (κ2) is 6.87. The van der Waals surface area contributed by atoms with Gasteiger partial charge in [-0.2, -0.15) is 0 Å². The molecule has 0 radical (unpaired) electrons. The van der Waals surface area contributed by atoms with E-state index in [9.17, 15) is 9.90 Å². The van der Waals surface area contributed by atoms with Crippen LogP contribution in [-0.2, 0) is 9.47 Å². The first kappa shape index (κ1) is 15.7. The number of carbonyl (C=O) groups is 1. The number of aromatic nitrogens is 1. The van der Waals surface area contributed by atoms with Crippen molar-refractivity contribution in [2.45, 2.75) is 25.4 Å². The normalized spacial score (nSPS) is 17.3. The van der Waals surface area contributed by atoms with Crippen molar-refractivity contribution in [1.29, 1.82) is 0 Å². The van der Waals surface area contributed by atoms with Crippen LogP contribution in [0.3, 0.4) is 0 Å². The molecule has 6 nitrogen and oxygen atoms in total. The Hall–Kier alpha value is -1.66. The van der Waals surface area contributed by atoms with E-state index in [0.717, 1.165) is 0 Å². The largest absolute Gasteiger partial charge is 0.462 e. The van der Waals surface area contributed by atoms with Gasteiger partial charge in [0.15, 0.2) is 0 Å². The van der Waals surface area contributed by atoms with E-state index in [-0.39, 0.29) is 5.97 Å². The van der Waals surface area contributed by atoms with Crippen molar-refractivity contribution in [2.24, 2.45) is 0 Å². The summed E-state index contributed by atoms with van der Waals surface area (Å²) in [5, 5.41) is 10.5. The van der Waals surface area contributed by atoms with Crippen LogP contribution in [0.15, 0.2) is 18.3 Å². The summed E-state index contributed by atoms with van der Waals surface area (Å²) in [5.74, 6) is 0.338. The molecule has 0 aromatic carbocycles. The van der Waals surface area contributed by atoms with Crippen molar-refractivity contribution in [2.75, 3.05) is 38.3 Å². The van der Waals surface area contributed by atoms with Gasteiger partial charge in [0.1, 0.15) is 5.82 Å². The Balaban J connectivity index is 1.99. The number of carbonyl (C=O) groups excluding carboxylic acids is 1. The van der Waals surface area contributed by atoms with Gasteiger partial charge in [0, 0.05) is 45.8 Å². The van der Waals surface area contributed by atoms with Gasteiger partial charge in [0.05, 0.1) is 17.8 Å². The monoisotopic (exact) mass is 294 g/mol. The molecule has 0 saturated carbocycles. The van der Waals surface area contributed by atoms with Gasteiger partial charge in [0.2, 0.25) is 0 Å². The van der Waals surface area contributed by atoms with Crippen LogP contribution < -0.4 is 4.90 Å². The number of ether oxygens (including phenoxy) is 2. The van der Waals surface area contributed by atoms with E-state index in [4.69, 9.17) is 9.47 Å². The third-order valence-electron chi connectivity index (χ3n) is 3.61. The summed E-state index contributed by atoms with van der Waals surface area (Å²) < 4.78 is 10.2. The van der Waals surface area contributed by atoms with Crippen LogP contribution in [-0.4, -0.2) is 55.1 Å². The molecular formula is C15H22N2O4. The van der Waals surface area contributed by atoms with Gasteiger partial charge >= 0.3 is 5.97 Å². The Morgan fingerprint density at radius 3 is 2.76 bits per heavy atom. The average Bonchev–Trinajstić information content (AvgIpc) is 2.48. The van der Waals surface area contributed by atoms with Crippen LogP contribution in [0.1, 0.15) is 30.1 Å². The van der Waals surface area contributed by atoms with Crippen molar-refractivity contribution in [1.82, 2.24) is 4.98 Å². The van der Waals surface area contributed by atoms with Gasteiger partial charge < -0.3 is 19.5 Å². The van der Waals surface area contributed by atoms with Crippen molar-refractivity contribution in [3.63, 3.8) is 0 Å². The van der Waals surface area contributed by atoms with Crippen LogP contribution in [0.2, 0.25) is 0 Å². The molecule has 2 rings (SSSR count). The lowest BCUT2D eigenvalue weighted by molar-refractivity contribution is -0.0573. The predicted molar refractivity (Wildman–Crippen MR) is 78.5 cm³/mol. The molecule has 1 fully saturated rings. The van der Waals surface area contributed by atoms with Gasteiger partial charge in [-0.05, 0) is 19.1 Å². The number of hydrogen-bond acceptors (Lipinski definition) is 6. The van der Waals surface area contributed by atoms with Gasteiger partial charge in [-0.25, -0.2) is 9.78 Å². The number of pyridine rings is 1. The number of esters is 1. The summed E-state index contributed by atoms with van der Waals surface area (Å²) in [6.45, 7) is 3.76. The highest BCUT2D eigenvalue weighted by atomic mass is 16.5. The molecule has 1 N–H and O–H groups in total. The molecule has 6 heteroatoms. The smallest absolute Gasteiger partial charge is 0.339 e. The van der Waals surface area contributed by atoms with E-state index < -0.39 is 5.60 Å². The first-order chi connectivity index (χ1) is 10.0. The average molecular weight is 294 g/mol. The van der Waals surface area contributed by atoms with Gasteiger partial charge in [-0.1, -0.05) is 0 Å². The highest BCUT2D eigenvalue weighted by Crippen LogP contribution is 2.23. The van der Waals surface area contributed by atoms with Gasteiger partial charge in [0.25, 0.3) is 0 Å². The highest BCUT2D eigenvalue weighted by molar-refractivity contribution is 5.89. The molecule has 0 amide bonds. The summed E-state index contributed by atoms with van der Waals surface area (Å²) >= 11 is 0. The Morgan fingerprint density at radius 1 is 1.48 bits per heavy atom. The molecule has 2 heterocycles. The topological polar surface area (TPSA) is 71.9 Å². The van der Waals surface area contributed by atoms with E-state index in [0.29, 0.717) is 50.6 Å². The maximum atomic E-state index is 11.6. The first-order valence-corrected chi connectivity index (χ1v) is 7.18. The fourth-order valence-corrected chi connectivity index (χ4v) is 2.38. The van der Waals surface area contributed by atoms with Crippen molar-refractivity contribution in [3.05, 3.63) is 23.9 Å². The summed E-state index contributed by atoms with van der Waals surface area (Å²) in [6.07, 6.45) is 2.74. The third-order valence-corrected chi connectivity index (χ3v) is 3.61. The van der Waals surface area contributed by atoms with E-state index >= 15 is 0 Å². The summed E-state index contributed by atoms with van der Waals surface area (Å²) in [4.78, 5) is 17.7. The molecule has 0 unspecified atom stereocenters. The fourth-order valence-electron chi connectivity index (χ4n) is 2.38. The molecule has 1 aliphatic rings. The summed E-state index contributed by atoms with van der Waals surface area (Å²) in [5.41, 5.74) is -0.312. The second-order valence-corrected chi connectivity index (χ2v) is 5.32. The molecule has 0 bridgehead atoms. The number of anilines is 1. The highest BCUT2D eigenvalue weighted by Gasteiger charge is 2.31. The number of nitrogens with zero attached hydrogens (tertiary/aromatic N) is 2. The molecule has 1 saturated heterocycles. The Labute approximate surface area is 124 Å². The minimum atomic E-state index is -0.742. The number of aliphatic hydroxyl groups is 1. The van der Waals surface area contributed by atoms with Gasteiger partial charge in [-0.15, -0.1) is 0 Å². The maximum absolute atomic E-state index is 11.6. The van der Waals surface area contributed by atoms with E-state index in [1.165, 1.54) is 6.20 Å². The number of likely N-dealkylation sites (N-methyl/N-ethyl adjacent to an activating group) is 1. The molecular weight excluding hydrogens is 272 g/mol. The Morgan fingerprint density at radius 2 is 2.19 bits per heavy atom. The summed E-state index contributed by atoms with van der Waals surface area (Å²) in [7, 11) is 1.87. The number of hydrogen-bond donors (Lipinski definition) is 1. The Bertz CT molecular complexity index is 469.